The minimum absolute atomic E-state index is 0.0468. The van der Waals surface area contributed by atoms with E-state index in [4.69, 9.17) is 10.5 Å². The third kappa shape index (κ3) is 2.61. The second kappa shape index (κ2) is 4.25. The SMILES string of the molecule is CC(C)Oc1cncc(NC2(CN)CC2)n1. The zero-order chi connectivity index (χ0) is 11.6. The molecule has 0 unspecified atom stereocenters. The fourth-order valence-electron chi connectivity index (χ4n) is 1.51. The van der Waals surface area contributed by atoms with Crippen LogP contribution in [0.4, 0.5) is 5.82 Å². The van der Waals surface area contributed by atoms with Gasteiger partial charge in [-0.1, -0.05) is 0 Å². The van der Waals surface area contributed by atoms with E-state index in [0.717, 1.165) is 18.7 Å². The largest absolute Gasteiger partial charge is 0.474 e. The summed E-state index contributed by atoms with van der Waals surface area (Å²) in [6, 6.07) is 0. The summed E-state index contributed by atoms with van der Waals surface area (Å²) >= 11 is 0. The van der Waals surface area contributed by atoms with E-state index in [9.17, 15) is 0 Å². The van der Waals surface area contributed by atoms with Crippen molar-refractivity contribution in [3.63, 3.8) is 0 Å². The van der Waals surface area contributed by atoms with Crippen LogP contribution >= 0.6 is 0 Å². The van der Waals surface area contributed by atoms with E-state index in [1.807, 2.05) is 13.8 Å². The number of hydrogen-bond acceptors (Lipinski definition) is 5. The third-order valence-electron chi connectivity index (χ3n) is 2.61. The van der Waals surface area contributed by atoms with Gasteiger partial charge in [-0.3, -0.25) is 4.98 Å². The van der Waals surface area contributed by atoms with Gasteiger partial charge in [0.1, 0.15) is 5.82 Å². The van der Waals surface area contributed by atoms with Gasteiger partial charge in [-0.2, -0.15) is 4.98 Å². The van der Waals surface area contributed by atoms with E-state index in [0.29, 0.717) is 12.4 Å². The van der Waals surface area contributed by atoms with E-state index in [-0.39, 0.29) is 11.6 Å². The van der Waals surface area contributed by atoms with E-state index < -0.39 is 0 Å². The number of aromatic nitrogens is 2. The lowest BCUT2D eigenvalue weighted by Gasteiger charge is -2.16. The molecule has 1 heterocycles. The molecule has 1 aliphatic rings. The van der Waals surface area contributed by atoms with E-state index in [1.165, 1.54) is 0 Å². The summed E-state index contributed by atoms with van der Waals surface area (Å²) in [5.41, 5.74) is 5.74. The van der Waals surface area contributed by atoms with Gasteiger partial charge in [0.25, 0.3) is 0 Å². The fourth-order valence-corrected chi connectivity index (χ4v) is 1.51. The molecule has 0 bridgehead atoms. The molecule has 2 rings (SSSR count). The fraction of sp³-hybridized carbons (Fsp3) is 0.636. The van der Waals surface area contributed by atoms with Crippen LogP contribution in [-0.2, 0) is 0 Å². The summed E-state index contributed by atoms with van der Waals surface area (Å²) in [4.78, 5) is 8.43. The van der Waals surface area contributed by atoms with Crippen molar-refractivity contribution in [2.24, 2.45) is 5.73 Å². The Kier molecular flexibility index (Phi) is 2.96. The molecule has 0 spiro atoms. The minimum atomic E-state index is 0.0468. The van der Waals surface area contributed by atoms with Gasteiger partial charge in [0, 0.05) is 6.54 Å². The van der Waals surface area contributed by atoms with Crippen molar-refractivity contribution in [1.82, 2.24) is 9.97 Å². The maximum Gasteiger partial charge on any atom is 0.234 e. The van der Waals surface area contributed by atoms with Crippen molar-refractivity contribution in [3.8, 4) is 5.88 Å². The average molecular weight is 222 g/mol. The summed E-state index contributed by atoms with van der Waals surface area (Å²) in [5.74, 6) is 1.29. The van der Waals surface area contributed by atoms with Gasteiger partial charge in [0.05, 0.1) is 24.0 Å². The van der Waals surface area contributed by atoms with Gasteiger partial charge in [0.15, 0.2) is 0 Å². The summed E-state index contributed by atoms with van der Waals surface area (Å²) in [6.07, 6.45) is 5.62. The first-order valence-corrected chi connectivity index (χ1v) is 5.60. The van der Waals surface area contributed by atoms with Crippen molar-refractivity contribution in [3.05, 3.63) is 12.4 Å². The Morgan fingerprint density at radius 2 is 2.25 bits per heavy atom. The van der Waals surface area contributed by atoms with Crippen LogP contribution in [-0.4, -0.2) is 28.2 Å². The van der Waals surface area contributed by atoms with Gasteiger partial charge in [-0.05, 0) is 26.7 Å². The maximum absolute atomic E-state index is 5.69. The number of hydrogen-bond donors (Lipinski definition) is 2. The molecular weight excluding hydrogens is 204 g/mol. The molecule has 1 aromatic rings. The van der Waals surface area contributed by atoms with Crippen LogP contribution in [0.15, 0.2) is 12.4 Å². The smallest absolute Gasteiger partial charge is 0.234 e. The van der Waals surface area contributed by atoms with Gasteiger partial charge < -0.3 is 15.8 Å². The number of anilines is 1. The van der Waals surface area contributed by atoms with Crippen LogP contribution in [0.3, 0.4) is 0 Å². The summed E-state index contributed by atoms with van der Waals surface area (Å²) < 4.78 is 5.48. The summed E-state index contributed by atoms with van der Waals surface area (Å²) in [6.45, 7) is 4.55. The Morgan fingerprint density at radius 1 is 1.50 bits per heavy atom. The van der Waals surface area contributed by atoms with Crippen molar-refractivity contribution >= 4 is 5.82 Å². The van der Waals surface area contributed by atoms with E-state index in [1.54, 1.807) is 12.4 Å². The zero-order valence-electron chi connectivity index (χ0n) is 9.73. The molecule has 88 valence electrons. The number of nitrogens with two attached hydrogens (primary N) is 1. The highest BCUT2D eigenvalue weighted by Crippen LogP contribution is 2.37. The molecule has 0 atom stereocenters. The molecule has 0 radical (unpaired) electrons. The molecule has 0 saturated heterocycles. The summed E-state index contributed by atoms with van der Waals surface area (Å²) in [5, 5.41) is 3.31. The zero-order valence-corrected chi connectivity index (χ0v) is 9.73. The summed E-state index contributed by atoms with van der Waals surface area (Å²) in [7, 11) is 0. The highest BCUT2D eigenvalue weighted by atomic mass is 16.5. The lowest BCUT2D eigenvalue weighted by molar-refractivity contribution is 0.232. The van der Waals surface area contributed by atoms with Crippen molar-refractivity contribution in [1.29, 1.82) is 0 Å². The van der Waals surface area contributed by atoms with Crippen LogP contribution in [0, 0.1) is 0 Å². The topological polar surface area (TPSA) is 73.1 Å². The van der Waals surface area contributed by atoms with Crippen molar-refractivity contribution < 1.29 is 4.74 Å². The quantitative estimate of drug-likeness (QED) is 0.782. The Balaban J connectivity index is 2.04. The molecule has 1 aliphatic carbocycles. The molecule has 1 saturated carbocycles. The standard InChI is InChI=1S/C11H18N4O/c1-8(2)16-10-6-13-5-9(14-10)15-11(7-12)3-4-11/h5-6,8H,3-4,7,12H2,1-2H3,(H,14,15). The molecule has 5 nitrogen and oxygen atoms in total. The predicted molar refractivity (Wildman–Crippen MR) is 62.4 cm³/mol. The van der Waals surface area contributed by atoms with Crippen LogP contribution in [0.5, 0.6) is 5.88 Å². The first-order valence-electron chi connectivity index (χ1n) is 5.60. The van der Waals surface area contributed by atoms with Crippen molar-refractivity contribution in [2.45, 2.75) is 38.3 Å². The molecule has 1 aromatic heterocycles. The Bertz CT molecular complexity index is 363. The Morgan fingerprint density at radius 3 is 2.81 bits per heavy atom. The Labute approximate surface area is 95.4 Å². The van der Waals surface area contributed by atoms with Crippen LogP contribution in [0.1, 0.15) is 26.7 Å². The molecule has 5 heteroatoms. The van der Waals surface area contributed by atoms with Crippen LogP contribution in [0.25, 0.3) is 0 Å². The molecular formula is C11H18N4O. The minimum Gasteiger partial charge on any atom is -0.474 e. The monoisotopic (exact) mass is 222 g/mol. The molecule has 3 N–H and O–H groups in total. The number of rotatable bonds is 5. The van der Waals surface area contributed by atoms with Gasteiger partial charge in [-0.15, -0.1) is 0 Å². The van der Waals surface area contributed by atoms with Gasteiger partial charge in [-0.25, -0.2) is 0 Å². The Hall–Kier alpha value is -1.36. The molecule has 0 amide bonds. The van der Waals surface area contributed by atoms with Crippen LogP contribution < -0.4 is 15.8 Å². The third-order valence-corrected chi connectivity index (χ3v) is 2.61. The van der Waals surface area contributed by atoms with Gasteiger partial charge >= 0.3 is 0 Å². The highest BCUT2D eigenvalue weighted by Gasteiger charge is 2.41. The molecule has 1 fully saturated rings. The molecule has 16 heavy (non-hydrogen) atoms. The number of ether oxygens (including phenoxy) is 1. The van der Waals surface area contributed by atoms with E-state index in [2.05, 4.69) is 15.3 Å². The van der Waals surface area contributed by atoms with E-state index >= 15 is 0 Å². The second-order valence-electron chi connectivity index (χ2n) is 4.52. The normalized spacial score (nSPS) is 17.2. The average Bonchev–Trinajstić information content (AvgIpc) is 2.98. The number of nitrogens with one attached hydrogen (secondary N) is 1. The van der Waals surface area contributed by atoms with Gasteiger partial charge in [0.2, 0.25) is 5.88 Å². The van der Waals surface area contributed by atoms with Crippen molar-refractivity contribution in [2.75, 3.05) is 11.9 Å². The highest BCUT2D eigenvalue weighted by molar-refractivity contribution is 5.40. The molecule has 0 aliphatic heterocycles. The lowest BCUT2D eigenvalue weighted by Crippen LogP contribution is -2.31. The molecule has 0 aromatic carbocycles. The van der Waals surface area contributed by atoms with Crippen LogP contribution in [0.2, 0.25) is 0 Å². The second-order valence-corrected chi connectivity index (χ2v) is 4.52. The maximum atomic E-state index is 5.69. The lowest BCUT2D eigenvalue weighted by atomic mass is 10.3. The predicted octanol–water partition coefficient (Wildman–Crippen LogP) is 1.17. The number of nitrogens with zero attached hydrogens (tertiary/aromatic N) is 2. The first kappa shape index (κ1) is 11.1. The first-order chi connectivity index (χ1) is 7.63.